The van der Waals surface area contributed by atoms with E-state index in [4.69, 9.17) is 0 Å². The highest BCUT2D eigenvalue weighted by Gasteiger charge is 2.74. The summed E-state index contributed by atoms with van der Waals surface area (Å²) < 4.78 is 49.1. The second kappa shape index (κ2) is 4.80. The van der Waals surface area contributed by atoms with Crippen LogP contribution in [0.2, 0.25) is 0 Å². The fourth-order valence-corrected chi connectivity index (χ4v) is 10.7. The maximum atomic E-state index is 12.9. The first-order valence-electron chi connectivity index (χ1n) is 7.57. The van der Waals surface area contributed by atoms with Gasteiger partial charge in [-0.2, -0.15) is 0 Å². The molecule has 0 aromatic rings. The molecular weight excluding hydrogens is 312 g/mol. The van der Waals surface area contributed by atoms with Crippen LogP contribution in [0.25, 0.3) is 0 Å². The Morgan fingerprint density at radius 2 is 2.00 bits per heavy atom. The van der Waals surface area contributed by atoms with Crippen LogP contribution in [-0.4, -0.2) is 49.5 Å². The molecule has 3 rings (SSSR count). The highest BCUT2D eigenvalue weighted by molar-refractivity contribution is 7.97. The Labute approximate surface area is 126 Å². The summed E-state index contributed by atoms with van der Waals surface area (Å²) >= 11 is 0. The van der Waals surface area contributed by atoms with E-state index < -0.39 is 41.5 Å². The summed E-state index contributed by atoms with van der Waals surface area (Å²) in [6, 6.07) is 0. The summed E-state index contributed by atoms with van der Waals surface area (Å²) in [5, 5.41) is 9.46. The normalized spacial score (nSPS) is 43.3. The molecule has 1 saturated heterocycles. The van der Waals surface area contributed by atoms with Gasteiger partial charge in [0.15, 0.2) is 19.7 Å². The molecule has 1 aliphatic heterocycles. The molecule has 2 fully saturated rings. The van der Waals surface area contributed by atoms with Crippen molar-refractivity contribution in [3.63, 3.8) is 0 Å². The summed E-state index contributed by atoms with van der Waals surface area (Å²) in [6.07, 6.45) is 5.10. The molecule has 0 spiro atoms. The van der Waals surface area contributed by atoms with Crippen LogP contribution < -0.4 is 0 Å². The summed E-state index contributed by atoms with van der Waals surface area (Å²) in [7, 11) is -7.22. The summed E-state index contributed by atoms with van der Waals surface area (Å²) in [5.41, 5.74) is 0. The van der Waals surface area contributed by atoms with Crippen LogP contribution >= 0.6 is 0 Å². The number of sulfone groups is 2. The van der Waals surface area contributed by atoms with Gasteiger partial charge in [0.25, 0.3) is 0 Å². The van der Waals surface area contributed by atoms with Crippen molar-refractivity contribution in [3.05, 3.63) is 12.2 Å². The molecule has 120 valence electrons. The van der Waals surface area contributed by atoms with Gasteiger partial charge in [-0.1, -0.05) is 31.9 Å². The molecule has 0 aromatic carbocycles. The van der Waals surface area contributed by atoms with E-state index in [9.17, 15) is 21.9 Å². The van der Waals surface area contributed by atoms with E-state index in [1.165, 1.54) is 0 Å². The Morgan fingerprint density at radius 1 is 1.29 bits per heavy atom. The van der Waals surface area contributed by atoms with Crippen LogP contribution in [0, 0.1) is 11.8 Å². The fraction of sp³-hybridized carbons (Fsp3) is 0.857. The van der Waals surface area contributed by atoms with E-state index in [0.29, 0.717) is 12.8 Å². The molecule has 3 aliphatic rings. The van der Waals surface area contributed by atoms with Crippen LogP contribution in [0.4, 0.5) is 0 Å². The molecule has 21 heavy (non-hydrogen) atoms. The van der Waals surface area contributed by atoms with E-state index in [0.717, 1.165) is 12.8 Å². The Balaban J connectivity index is 2.07. The third-order valence-corrected chi connectivity index (χ3v) is 10.6. The second-order valence-corrected chi connectivity index (χ2v) is 11.0. The number of hydrogen-bond acceptors (Lipinski definition) is 5. The first-order valence-corrected chi connectivity index (χ1v) is 10.9. The zero-order valence-electron chi connectivity index (χ0n) is 12.1. The zero-order chi connectivity index (χ0) is 15.5. The maximum Gasteiger partial charge on any atom is 0.160 e. The lowest BCUT2D eigenvalue weighted by molar-refractivity contribution is 0.142. The maximum absolute atomic E-state index is 12.9. The first kappa shape index (κ1) is 15.5. The largest absolute Gasteiger partial charge is 0.390 e. The molecule has 0 amide bonds. The van der Waals surface area contributed by atoms with E-state index in [1.54, 1.807) is 0 Å². The Kier molecular flexibility index (Phi) is 3.54. The lowest BCUT2D eigenvalue weighted by Crippen LogP contribution is -2.57. The van der Waals surface area contributed by atoms with Gasteiger partial charge < -0.3 is 5.11 Å². The molecule has 0 radical (unpaired) electrons. The van der Waals surface area contributed by atoms with Crippen molar-refractivity contribution in [3.8, 4) is 0 Å². The van der Waals surface area contributed by atoms with Crippen molar-refractivity contribution in [2.75, 3.05) is 11.5 Å². The van der Waals surface area contributed by atoms with Gasteiger partial charge in [-0.3, -0.25) is 0 Å². The van der Waals surface area contributed by atoms with Gasteiger partial charge in [0.05, 0.1) is 22.9 Å². The number of aliphatic hydroxyl groups is 1. The highest BCUT2D eigenvalue weighted by Crippen LogP contribution is 2.59. The van der Waals surface area contributed by atoms with E-state index in [1.807, 2.05) is 19.1 Å². The van der Waals surface area contributed by atoms with Gasteiger partial charge >= 0.3 is 0 Å². The Hall–Kier alpha value is -0.400. The van der Waals surface area contributed by atoms with Gasteiger partial charge in [-0.05, 0) is 18.8 Å². The second-order valence-electron chi connectivity index (χ2n) is 6.54. The average molecular weight is 334 g/mol. The van der Waals surface area contributed by atoms with Crippen molar-refractivity contribution >= 4 is 19.7 Å². The molecular formula is C14H22O5S2. The molecule has 1 saturated carbocycles. The Bertz CT molecular complexity index is 663. The van der Waals surface area contributed by atoms with Crippen LogP contribution in [-0.2, 0) is 19.7 Å². The minimum Gasteiger partial charge on any atom is -0.390 e. The quantitative estimate of drug-likeness (QED) is 0.590. The van der Waals surface area contributed by atoms with Crippen molar-refractivity contribution in [1.29, 1.82) is 0 Å². The molecule has 1 N–H and O–H groups in total. The third kappa shape index (κ3) is 1.90. The molecule has 1 heterocycles. The monoisotopic (exact) mass is 334 g/mol. The van der Waals surface area contributed by atoms with E-state index >= 15 is 0 Å². The van der Waals surface area contributed by atoms with Crippen LogP contribution in [0.15, 0.2) is 12.2 Å². The topological polar surface area (TPSA) is 88.5 Å². The molecule has 2 bridgehead atoms. The molecule has 2 aliphatic carbocycles. The minimum absolute atomic E-state index is 0.0268. The SMILES string of the molecule is CCCCCS(=O)(=O)[C@]12[C@H](O)CS(=O)(=O)[C@@H]1[C@H]1C=C[C@H]2C1. The lowest BCUT2D eigenvalue weighted by atomic mass is 9.88. The lowest BCUT2D eigenvalue weighted by Gasteiger charge is -2.37. The third-order valence-electron chi connectivity index (χ3n) is 5.38. The molecule has 0 unspecified atom stereocenters. The van der Waals surface area contributed by atoms with Gasteiger partial charge in [0.2, 0.25) is 0 Å². The molecule has 5 nitrogen and oxygen atoms in total. The van der Waals surface area contributed by atoms with Crippen LogP contribution in [0.3, 0.4) is 0 Å². The van der Waals surface area contributed by atoms with Gasteiger partial charge in [0.1, 0.15) is 4.75 Å². The van der Waals surface area contributed by atoms with Crippen molar-refractivity contribution < 1.29 is 21.9 Å². The average Bonchev–Trinajstić information content (AvgIpc) is 3.01. The van der Waals surface area contributed by atoms with Crippen LogP contribution in [0.1, 0.15) is 32.6 Å². The standard InChI is InChI=1S/C14H22O5S2/c1-2-3-4-7-21(18,19)14-11-6-5-10(8-11)13(14)20(16,17)9-12(14)15/h5-6,10-13,15H,2-4,7-9H2,1H3/t10-,11-,12+,13+,14+/m0/s1. The highest BCUT2D eigenvalue weighted by atomic mass is 32.2. The number of rotatable bonds is 5. The fourth-order valence-electron chi connectivity index (χ4n) is 4.60. The van der Waals surface area contributed by atoms with Crippen molar-refractivity contribution in [2.24, 2.45) is 11.8 Å². The summed E-state index contributed by atoms with van der Waals surface area (Å²) in [5.74, 6) is -1.05. The molecule has 5 atom stereocenters. The number of unbranched alkanes of at least 4 members (excludes halogenated alkanes) is 2. The number of hydrogen-bond donors (Lipinski definition) is 1. The van der Waals surface area contributed by atoms with Crippen LogP contribution in [0.5, 0.6) is 0 Å². The van der Waals surface area contributed by atoms with Gasteiger partial charge in [-0.25, -0.2) is 16.8 Å². The van der Waals surface area contributed by atoms with Gasteiger partial charge in [0, 0.05) is 5.92 Å². The molecule has 0 aromatic heterocycles. The van der Waals surface area contributed by atoms with Crippen molar-refractivity contribution in [1.82, 2.24) is 0 Å². The predicted octanol–water partition coefficient (Wildman–Crippen LogP) is 0.694. The zero-order valence-corrected chi connectivity index (χ0v) is 13.7. The molecule has 7 heteroatoms. The van der Waals surface area contributed by atoms with E-state index in [2.05, 4.69) is 0 Å². The number of aliphatic hydroxyl groups excluding tert-OH is 1. The smallest absolute Gasteiger partial charge is 0.160 e. The summed E-state index contributed by atoms with van der Waals surface area (Å²) in [6.45, 7) is 1.99. The number of fused-ring (bicyclic) bond motifs is 5. The van der Waals surface area contributed by atoms with Gasteiger partial charge in [-0.15, -0.1) is 0 Å². The first-order chi connectivity index (χ1) is 9.77. The predicted molar refractivity (Wildman–Crippen MR) is 80.4 cm³/mol. The minimum atomic E-state index is -3.66. The summed E-state index contributed by atoms with van der Waals surface area (Å²) in [4.78, 5) is 0. The number of allylic oxidation sites excluding steroid dienone is 2. The Morgan fingerprint density at radius 3 is 2.67 bits per heavy atom. The van der Waals surface area contributed by atoms with E-state index in [-0.39, 0.29) is 17.6 Å². The van der Waals surface area contributed by atoms with Crippen molar-refractivity contribution in [2.45, 2.75) is 48.7 Å².